The number of sulfone groups is 1. The molecule has 5 nitrogen and oxygen atoms in total. The predicted molar refractivity (Wildman–Crippen MR) is 46.9 cm³/mol. The third-order valence-electron chi connectivity index (χ3n) is 1.32. The average molecular weight is 244 g/mol. The summed E-state index contributed by atoms with van der Waals surface area (Å²) in [7, 11) is -2.32. The van der Waals surface area contributed by atoms with E-state index >= 15 is 0 Å². The maximum Gasteiger partial charge on any atom is 0.276 e. The molecule has 13 heavy (non-hydrogen) atoms. The van der Waals surface area contributed by atoms with Gasteiger partial charge in [0.15, 0.2) is 9.84 Å². The van der Waals surface area contributed by atoms with Crippen LogP contribution in [0, 0.1) is 0 Å². The third-order valence-corrected chi connectivity index (χ3v) is 3.67. The molecule has 1 aromatic heterocycles. The third kappa shape index (κ3) is 2.45. The van der Waals surface area contributed by atoms with Crippen molar-refractivity contribution < 1.29 is 16.8 Å². The zero-order valence-corrected chi connectivity index (χ0v) is 8.87. The zero-order valence-electron chi connectivity index (χ0n) is 6.48. The summed E-state index contributed by atoms with van der Waals surface area (Å²) in [5.74, 6) is 0. The molecule has 1 N–H and O–H groups in total. The minimum Gasteiger partial charge on any atom is -0.350 e. The molecule has 1 heterocycles. The Labute approximate surface area is 80.1 Å². The molecule has 0 bridgehead atoms. The van der Waals surface area contributed by atoms with E-state index in [4.69, 9.17) is 10.7 Å². The van der Waals surface area contributed by atoms with Gasteiger partial charge in [0.1, 0.15) is 5.03 Å². The van der Waals surface area contributed by atoms with E-state index in [2.05, 4.69) is 4.98 Å². The number of nitrogens with one attached hydrogen (secondary N) is 1. The highest BCUT2D eigenvalue weighted by Gasteiger charge is 2.16. The number of rotatable bonds is 2. The number of H-pyrrole nitrogens is 1. The lowest BCUT2D eigenvalue weighted by Crippen LogP contribution is -1.94. The molecule has 0 aliphatic rings. The standard InChI is InChI=1S/C5H6ClNO4S2/c1-12(8,9)4-2-5(7-3-4)13(6,10)11/h2-3,7H,1H3. The molecule has 0 amide bonds. The van der Waals surface area contributed by atoms with Crippen LogP contribution in [0.5, 0.6) is 0 Å². The van der Waals surface area contributed by atoms with Crippen LogP contribution in [-0.2, 0) is 18.9 Å². The van der Waals surface area contributed by atoms with Gasteiger partial charge in [0, 0.05) is 23.1 Å². The average Bonchev–Trinajstić information content (AvgIpc) is 2.28. The molecule has 1 aromatic rings. The Balaban J connectivity index is 3.32. The van der Waals surface area contributed by atoms with E-state index in [0.29, 0.717) is 0 Å². The first-order valence-corrected chi connectivity index (χ1v) is 7.24. The Kier molecular flexibility index (Phi) is 2.44. The quantitative estimate of drug-likeness (QED) is 0.760. The van der Waals surface area contributed by atoms with E-state index in [9.17, 15) is 16.8 Å². The maximum absolute atomic E-state index is 10.9. The molecule has 0 unspecified atom stereocenters. The second kappa shape index (κ2) is 3.00. The summed E-state index contributed by atoms with van der Waals surface area (Å²) in [4.78, 5) is 2.15. The number of aromatic amines is 1. The zero-order chi connectivity index (χ0) is 10.3. The summed E-state index contributed by atoms with van der Waals surface area (Å²) in [6.45, 7) is 0. The van der Waals surface area contributed by atoms with Gasteiger partial charge in [-0.15, -0.1) is 0 Å². The maximum atomic E-state index is 10.9. The first-order valence-electron chi connectivity index (χ1n) is 3.04. The Morgan fingerprint density at radius 2 is 1.85 bits per heavy atom. The van der Waals surface area contributed by atoms with Crippen molar-refractivity contribution in [2.75, 3.05) is 6.26 Å². The molecule has 74 valence electrons. The Hall–Kier alpha value is -0.530. The molecular weight excluding hydrogens is 238 g/mol. The van der Waals surface area contributed by atoms with Crippen molar-refractivity contribution in [2.45, 2.75) is 9.92 Å². The van der Waals surface area contributed by atoms with Crippen molar-refractivity contribution in [3.63, 3.8) is 0 Å². The first-order chi connectivity index (χ1) is 5.71. The smallest absolute Gasteiger partial charge is 0.276 e. The van der Waals surface area contributed by atoms with Crippen molar-refractivity contribution in [1.29, 1.82) is 0 Å². The molecule has 0 radical (unpaired) electrons. The number of hydrogen-bond acceptors (Lipinski definition) is 4. The van der Waals surface area contributed by atoms with E-state index in [1.165, 1.54) is 0 Å². The van der Waals surface area contributed by atoms with Crippen molar-refractivity contribution in [2.24, 2.45) is 0 Å². The SMILES string of the molecule is CS(=O)(=O)c1c[nH]c(S(=O)(=O)Cl)c1. The second-order valence-electron chi connectivity index (χ2n) is 2.41. The minimum absolute atomic E-state index is 0.105. The fourth-order valence-electron chi connectivity index (χ4n) is 0.710. The van der Waals surface area contributed by atoms with Gasteiger partial charge >= 0.3 is 0 Å². The van der Waals surface area contributed by atoms with Crippen LogP contribution in [0.3, 0.4) is 0 Å². The van der Waals surface area contributed by atoms with Crippen LogP contribution < -0.4 is 0 Å². The molecule has 8 heteroatoms. The van der Waals surface area contributed by atoms with Gasteiger partial charge in [0.2, 0.25) is 0 Å². The highest BCUT2D eigenvalue weighted by molar-refractivity contribution is 8.13. The molecule has 0 aromatic carbocycles. The van der Waals surface area contributed by atoms with Crippen LogP contribution in [0.2, 0.25) is 0 Å². The summed E-state index contributed by atoms with van der Waals surface area (Å²) in [5.41, 5.74) is 0. The molecule has 1 rings (SSSR count). The van der Waals surface area contributed by atoms with E-state index in [-0.39, 0.29) is 9.92 Å². The summed E-state index contributed by atoms with van der Waals surface area (Å²) < 4.78 is 43.3. The van der Waals surface area contributed by atoms with Crippen molar-refractivity contribution in [3.05, 3.63) is 12.3 Å². The van der Waals surface area contributed by atoms with Crippen LogP contribution in [0.15, 0.2) is 22.2 Å². The molecule has 0 saturated heterocycles. The van der Waals surface area contributed by atoms with Crippen molar-refractivity contribution in [1.82, 2.24) is 4.98 Å². The van der Waals surface area contributed by atoms with Crippen molar-refractivity contribution >= 4 is 29.6 Å². The molecule has 0 saturated carbocycles. The highest BCUT2D eigenvalue weighted by Crippen LogP contribution is 2.17. The molecule has 0 spiro atoms. The van der Waals surface area contributed by atoms with E-state index in [1.54, 1.807) is 0 Å². The van der Waals surface area contributed by atoms with Crippen LogP contribution in [0.25, 0.3) is 0 Å². The fourth-order valence-corrected chi connectivity index (χ4v) is 2.12. The lowest BCUT2D eigenvalue weighted by Gasteiger charge is -1.88. The monoisotopic (exact) mass is 243 g/mol. The molecular formula is C5H6ClNO4S2. The van der Waals surface area contributed by atoms with Gasteiger partial charge in [-0.3, -0.25) is 0 Å². The van der Waals surface area contributed by atoms with E-state index in [1.807, 2.05) is 0 Å². The van der Waals surface area contributed by atoms with Gasteiger partial charge < -0.3 is 4.98 Å². The molecule has 0 aliphatic carbocycles. The Morgan fingerprint density at radius 1 is 1.31 bits per heavy atom. The number of halogens is 1. The summed E-state index contributed by atoms with van der Waals surface area (Å²) >= 11 is 0. The highest BCUT2D eigenvalue weighted by atomic mass is 35.7. The van der Waals surface area contributed by atoms with Gasteiger partial charge in [0.05, 0.1) is 4.90 Å². The number of hydrogen-bond donors (Lipinski definition) is 1. The summed E-state index contributed by atoms with van der Waals surface area (Å²) in [5, 5.41) is -0.324. The molecule has 0 aliphatic heterocycles. The minimum atomic E-state index is -3.89. The number of aromatic nitrogens is 1. The van der Waals surface area contributed by atoms with Gasteiger partial charge in [-0.2, -0.15) is 0 Å². The predicted octanol–water partition coefficient (Wildman–Crippen LogP) is 0.346. The first kappa shape index (κ1) is 10.6. The lowest BCUT2D eigenvalue weighted by molar-refractivity contribution is 0.602. The van der Waals surface area contributed by atoms with Crippen LogP contribution in [-0.4, -0.2) is 28.1 Å². The lowest BCUT2D eigenvalue weighted by atomic mass is 10.7. The fraction of sp³-hybridized carbons (Fsp3) is 0.200. The van der Waals surface area contributed by atoms with Crippen LogP contribution in [0.4, 0.5) is 0 Å². The largest absolute Gasteiger partial charge is 0.350 e. The summed E-state index contributed by atoms with van der Waals surface area (Å²) in [6, 6.07) is 0.970. The van der Waals surface area contributed by atoms with Crippen LogP contribution >= 0.6 is 10.7 Å². The Morgan fingerprint density at radius 3 is 2.08 bits per heavy atom. The normalized spacial score (nSPS) is 13.1. The molecule has 0 atom stereocenters. The van der Waals surface area contributed by atoms with E-state index < -0.39 is 18.9 Å². The van der Waals surface area contributed by atoms with E-state index in [0.717, 1.165) is 18.5 Å². The van der Waals surface area contributed by atoms with Gasteiger partial charge in [-0.05, 0) is 6.07 Å². The van der Waals surface area contributed by atoms with Gasteiger partial charge in [0.25, 0.3) is 9.05 Å². The van der Waals surface area contributed by atoms with Crippen LogP contribution in [0.1, 0.15) is 0 Å². The summed E-state index contributed by atoms with van der Waals surface area (Å²) in [6.07, 6.45) is 2.05. The topological polar surface area (TPSA) is 84.1 Å². The Bertz CT molecular complexity index is 466. The van der Waals surface area contributed by atoms with Gasteiger partial charge in [-0.25, -0.2) is 16.8 Å². The van der Waals surface area contributed by atoms with Gasteiger partial charge in [-0.1, -0.05) is 0 Å². The second-order valence-corrected chi connectivity index (χ2v) is 6.96. The molecule has 0 fully saturated rings. The van der Waals surface area contributed by atoms with Crippen molar-refractivity contribution in [3.8, 4) is 0 Å².